The molecule has 11 rings (SSSR count). The van der Waals surface area contributed by atoms with E-state index in [1.807, 2.05) is 0 Å². The minimum Gasteiger partial charge on any atom is -0.456 e. The first-order valence-corrected chi connectivity index (χ1v) is 17.6. The molecule has 0 atom stereocenters. The molecular formula is C50H30O. The fourth-order valence-electron chi connectivity index (χ4n) is 8.71. The van der Waals surface area contributed by atoms with Gasteiger partial charge in [0.15, 0.2) is 0 Å². The third-order valence-corrected chi connectivity index (χ3v) is 10.8. The van der Waals surface area contributed by atoms with E-state index in [2.05, 4.69) is 182 Å². The van der Waals surface area contributed by atoms with Crippen molar-refractivity contribution in [1.82, 2.24) is 0 Å². The summed E-state index contributed by atoms with van der Waals surface area (Å²) in [6, 6.07) is 66.3. The van der Waals surface area contributed by atoms with Gasteiger partial charge in [0.05, 0.1) is 0 Å². The number of furan rings is 1. The third-order valence-electron chi connectivity index (χ3n) is 10.8. The van der Waals surface area contributed by atoms with Crippen molar-refractivity contribution >= 4 is 75.8 Å². The Morgan fingerprint density at radius 3 is 1.65 bits per heavy atom. The van der Waals surface area contributed by atoms with Crippen molar-refractivity contribution < 1.29 is 4.42 Å². The SMILES string of the molecule is c1ccc(-c2cccc3c(-c4cccc5c4ccc4ccccc45)c4ccccc4c(-c4cccc5oc6ccc7ccccc7c6c45)c23)cc1. The molecule has 1 heteroatoms. The van der Waals surface area contributed by atoms with Gasteiger partial charge in [0, 0.05) is 10.8 Å². The van der Waals surface area contributed by atoms with Crippen molar-refractivity contribution in [3.05, 3.63) is 182 Å². The van der Waals surface area contributed by atoms with E-state index in [0.717, 1.165) is 21.9 Å². The van der Waals surface area contributed by atoms with Crippen molar-refractivity contribution in [3.63, 3.8) is 0 Å². The Morgan fingerprint density at radius 2 is 0.824 bits per heavy atom. The smallest absolute Gasteiger partial charge is 0.136 e. The second-order valence-corrected chi connectivity index (χ2v) is 13.5. The van der Waals surface area contributed by atoms with Gasteiger partial charge < -0.3 is 4.42 Å². The standard InChI is InChI=1S/C50H30O/c1-2-13-31(14-3-1)35-21-10-24-42-46(39-23-11-22-37-34-17-6-4-15-32(34)27-29-38(37)39)40-19-8-9-20-41(40)48(47(35)42)43-25-12-26-44-50(43)49-36-18-7-5-16-33(36)28-30-45(49)51-44/h1-30H. The molecule has 0 N–H and O–H groups in total. The van der Waals surface area contributed by atoms with Gasteiger partial charge in [0.1, 0.15) is 11.2 Å². The molecule has 1 nitrogen and oxygen atoms in total. The molecular weight excluding hydrogens is 617 g/mol. The quantitative estimate of drug-likeness (QED) is 0.138. The number of hydrogen-bond donors (Lipinski definition) is 0. The predicted octanol–water partition coefficient (Wildman–Crippen LogP) is 14.4. The topological polar surface area (TPSA) is 13.1 Å². The molecule has 51 heavy (non-hydrogen) atoms. The van der Waals surface area contributed by atoms with E-state index >= 15 is 0 Å². The molecule has 1 heterocycles. The summed E-state index contributed by atoms with van der Waals surface area (Å²) in [6.45, 7) is 0. The minimum atomic E-state index is 0.901. The number of rotatable bonds is 3. The summed E-state index contributed by atoms with van der Waals surface area (Å²) in [5.41, 5.74) is 9.15. The number of benzene rings is 10. The molecule has 0 aliphatic rings. The average Bonchev–Trinajstić information content (AvgIpc) is 3.60. The van der Waals surface area contributed by atoms with Crippen LogP contribution in [0.4, 0.5) is 0 Å². The number of hydrogen-bond acceptors (Lipinski definition) is 1. The predicted molar refractivity (Wildman–Crippen MR) is 218 cm³/mol. The lowest BCUT2D eigenvalue weighted by Crippen LogP contribution is -1.94. The van der Waals surface area contributed by atoms with Crippen molar-refractivity contribution in [2.75, 3.05) is 0 Å². The summed E-state index contributed by atoms with van der Waals surface area (Å²) in [6.07, 6.45) is 0. The first kappa shape index (κ1) is 28.2. The first-order chi connectivity index (χ1) is 25.3. The maximum Gasteiger partial charge on any atom is 0.136 e. The Morgan fingerprint density at radius 1 is 0.255 bits per heavy atom. The van der Waals surface area contributed by atoms with E-state index in [9.17, 15) is 0 Å². The largest absolute Gasteiger partial charge is 0.456 e. The van der Waals surface area contributed by atoms with Gasteiger partial charge >= 0.3 is 0 Å². The molecule has 0 aliphatic carbocycles. The van der Waals surface area contributed by atoms with Crippen LogP contribution in [0.15, 0.2) is 186 Å². The van der Waals surface area contributed by atoms with Crippen LogP contribution in [-0.2, 0) is 0 Å². The van der Waals surface area contributed by atoms with E-state index in [0.29, 0.717) is 0 Å². The van der Waals surface area contributed by atoms with Gasteiger partial charge in [-0.25, -0.2) is 0 Å². The van der Waals surface area contributed by atoms with Gasteiger partial charge in [0.25, 0.3) is 0 Å². The fraction of sp³-hybridized carbons (Fsp3) is 0. The summed E-state index contributed by atoms with van der Waals surface area (Å²) >= 11 is 0. The highest BCUT2D eigenvalue weighted by molar-refractivity contribution is 6.31. The summed E-state index contributed by atoms with van der Waals surface area (Å²) in [5, 5.41) is 14.7. The van der Waals surface area contributed by atoms with Crippen LogP contribution in [0.3, 0.4) is 0 Å². The maximum atomic E-state index is 6.64. The Balaban J connectivity index is 1.36. The molecule has 236 valence electrons. The Bertz CT molecular complexity index is 3180. The maximum absolute atomic E-state index is 6.64. The lowest BCUT2D eigenvalue weighted by molar-refractivity contribution is 0.669. The molecule has 0 amide bonds. The lowest BCUT2D eigenvalue weighted by atomic mass is 9.81. The van der Waals surface area contributed by atoms with Crippen molar-refractivity contribution in [3.8, 4) is 33.4 Å². The second kappa shape index (κ2) is 10.9. The van der Waals surface area contributed by atoms with Gasteiger partial charge in [-0.05, 0) is 99.4 Å². The van der Waals surface area contributed by atoms with Gasteiger partial charge in [-0.3, -0.25) is 0 Å². The fourth-order valence-corrected chi connectivity index (χ4v) is 8.71. The zero-order valence-corrected chi connectivity index (χ0v) is 27.7. The summed E-state index contributed by atoms with van der Waals surface area (Å²) in [5.74, 6) is 0. The van der Waals surface area contributed by atoms with Crippen molar-refractivity contribution in [2.45, 2.75) is 0 Å². The molecule has 0 radical (unpaired) electrons. The van der Waals surface area contributed by atoms with E-state index in [1.54, 1.807) is 0 Å². The van der Waals surface area contributed by atoms with Gasteiger partial charge in [-0.2, -0.15) is 0 Å². The van der Waals surface area contributed by atoms with Crippen LogP contribution >= 0.6 is 0 Å². The van der Waals surface area contributed by atoms with Crippen molar-refractivity contribution in [1.29, 1.82) is 0 Å². The van der Waals surface area contributed by atoms with Crippen LogP contribution in [0.1, 0.15) is 0 Å². The van der Waals surface area contributed by atoms with E-state index in [4.69, 9.17) is 4.42 Å². The number of fused-ring (bicyclic) bond motifs is 10. The third kappa shape index (κ3) is 4.09. The van der Waals surface area contributed by atoms with E-state index in [1.165, 1.54) is 87.2 Å². The monoisotopic (exact) mass is 646 g/mol. The Labute approximate surface area is 294 Å². The molecule has 11 aromatic rings. The van der Waals surface area contributed by atoms with Gasteiger partial charge in [-0.1, -0.05) is 170 Å². The normalized spacial score (nSPS) is 11.9. The zero-order valence-electron chi connectivity index (χ0n) is 27.7. The van der Waals surface area contributed by atoms with Crippen LogP contribution < -0.4 is 0 Å². The minimum absolute atomic E-state index is 0.901. The molecule has 10 aromatic carbocycles. The van der Waals surface area contributed by atoms with Crippen LogP contribution in [0.25, 0.3) is 109 Å². The molecule has 0 fully saturated rings. The summed E-state index contributed by atoms with van der Waals surface area (Å²) < 4.78 is 6.64. The molecule has 0 aliphatic heterocycles. The van der Waals surface area contributed by atoms with Crippen LogP contribution in [0.2, 0.25) is 0 Å². The average molecular weight is 647 g/mol. The van der Waals surface area contributed by atoms with E-state index < -0.39 is 0 Å². The Hall–Kier alpha value is -6.70. The zero-order chi connectivity index (χ0) is 33.5. The highest BCUT2D eigenvalue weighted by atomic mass is 16.3. The molecule has 0 spiro atoms. The van der Waals surface area contributed by atoms with Crippen LogP contribution in [0, 0.1) is 0 Å². The molecule has 0 saturated carbocycles. The lowest BCUT2D eigenvalue weighted by Gasteiger charge is -2.21. The summed E-state index contributed by atoms with van der Waals surface area (Å²) in [4.78, 5) is 0. The highest BCUT2D eigenvalue weighted by Crippen LogP contribution is 2.51. The van der Waals surface area contributed by atoms with Crippen molar-refractivity contribution in [2.24, 2.45) is 0 Å². The molecule has 1 aromatic heterocycles. The first-order valence-electron chi connectivity index (χ1n) is 17.6. The van der Waals surface area contributed by atoms with Crippen LogP contribution in [0.5, 0.6) is 0 Å². The molecule has 0 saturated heterocycles. The summed E-state index contributed by atoms with van der Waals surface area (Å²) in [7, 11) is 0. The molecule has 0 bridgehead atoms. The second-order valence-electron chi connectivity index (χ2n) is 13.5. The van der Waals surface area contributed by atoms with Crippen LogP contribution in [-0.4, -0.2) is 0 Å². The Kier molecular flexibility index (Phi) is 6.02. The van der Waals surface area contributed by atoms with Gasteiger partial charge in [-0.15, -0.1) is 0 Å². The highest BCUT2D eigenvalue weighted by Gasteiger charge is 2.24. The molecule has 0 unspecified atom stereocenters. The van der Waals surface area contributed by atoms with Gasteiger partial charge in [0.2, 0.25) is 0 Å². The van der Waals surface area contributed by atoms with E-state index in [-0.39, 0.29) is 0 Å².